The fourth-order valence-corrected chi connectivity index (χ4v) is 6.38. The molecule has 2 heterocycles. The summed E-state index contributed by atoms with van der Waals surface area (Å²) in [5.41, 5.74) is 5.03. The van der Waals surface area contributed by atoms with E-state index >= 15 is 0 Å². The molecule has 0 radical (unpaired) electrons. The second-order valence-electron chi connectivity index (χ2n) is 11.0. The van der Waals surface area contributed by atoms with E-state index in [9.17, 15) is 0 Å². The van der Waals surface area contributed by atoms with E-state index in [0.29, 0.717) is 17.5 Å². The first-order valence-corrected chi connectivity index (χ1v) is 14.5. The molecule has 0 aliphatic carbocycles. The molecule has 0 atom stereocenters. The van der Waals surface area contributed by atoms with Crippen LogP contribution in [0.1, 0.15) is 0 Å². The number of nitrogens with zero attached hydrogens (tertiary/aromatic N) is 3. The summed E-state index contributed by atoms with van der Waals surface area (Å²) in [7, 11) is 0. The van der Waals surface area contributed by atoms with Gasteiger partial charge in [-0.3, -0.25) is 0 Å². The van der Waals surface area contributed by atoms with Gasteiger partial charge in [0.25, 0.3) is 0 Å². The van der Waals surface area contributed by atoms with Gasteiger partial charge in [0.1, 0.15) is 0 Å². The van der Waals surface area contributed by atoms with Crippen molar-refractivity contribution in [3.05, 3.63) is 140 Å². The first-order chi connectivity index (χ1) is 21.3. The maximum atomic E-state index is 4.94. The van der Waals surface area contributed by atoms with E-state index in [-0.39, 0.29) is 0 Å². The van der Waals surface area contributed by atoms with E-state index in [4.69, 9.17) is 15.0 Å². The van der Waals surface area contributed by atoms with Crippen molar-refractivity contribution in [2.75, 3.05) is 0 Å². The standard InChI is InChI=1S/C39H24N4/c1-3-11-24(12-4-1)37-41-38(25-13-5-2-6-14-25)43-39(42-37)26-19-20-31-34-22-32-29-17-9-7-15-27(29)28-16-8-10-18-30(28)33(32)23-36(34)40-35(31)21-26/h1-23,40H. The van der Waals surface area contributed by atoms with Gasteiger partial charge in [0.15, 0.2) is 17.5 Å². The predicted molar refractivity (Wildman–Crippen MR) is 178 cm³/mol. The van der Waals surface area contributed by atoms with Crippen LogP contribution in [-0.4, -0.2) is 19.9 Å². The molecule has 0 aliphatic heterocycles. The summed E-state index contributed by atoms with van der Waals surface area (Å²) in [6.45, 7) is 0. The van der Waals surface area contributed by atoms with E-state index in [1.807, 2.05) is 60.7 Å². The average Bonchev–Trinajstić information content (AvgIpc) is 3.45. The Balaban J connectivity index is 1.27. The molecule has 0 bridgehead atoms. The van der Waals surface area contributed by atoms with Gasteiger partial charge in [-0.1, -0.05) is 121 Å². The van der Waals surface area contributed by atoms with E-state index in [1.54, 1.807) is 0 Å². The van der Waals surface area contributed by atoms with E-state index in [0.717, 1.165) is 27.7 Å². The highest BCUT2D eigenvalue weighted by Crippen LogP contribution is 2.39. The molecule has 0 saturated heterocycles. The van der Waals surface area contributed by atoms with Gasteiger partial charge in [-0.2, -0.15) is 0 Å². The summed E-state index contributed by atoms with van der Waals surface area (Å²) in [6.07, 6.45) is 0. The van der Waals surface area contributed by atoms with E-state index < -0.39 is 0 Å². The summed E-state index contributed by atoms with van der Waals surface area (Å²) >= 11 is 0. The maximum Gasteiger partial charge on any atom is 0.164 e. The van der Waals surface area contributed by atoms with Crippen LogP contribution in [0.25, 0.3) is 88.3 Å². The van der Waals surface area contributed by atoms with Crippen LogP contribution in [0.15, 0.2) is 140 Å². The number of aromatic nitrogens is 4. The molecule has 4 nitrogen and oxygen atoms in total. The van der Waals surface area contributed by atoms with Gasteiger partial charge in [0.2, 0.25) is 0 Å². The lowest BCUT2D eigenvalue weighted by Crippen LogP contribution is -2.00. The quantitative estimate of drug-likeness (QED) is 0.224. The largest absolute Gasteiger partial charge is 0.354 e. The zero-order chi connectivity index (χ0) is 28.3. The highest BCUT2D eigenvalue weighted by atomic mass is 15.0. The highest BCUT2D eigenvalue weighted by molar-refractivity contribution is 6.28. The van der Waals surface area contributed by atoms with Crippen LogP contribution in [0.5, 0.6) is 0 Å². The van der Waals surface area contributed by atoms with E-state index in [2.05, 4.69) is 83.8 Å². The zero-order valence-electron chi connectivity index (χ0n) is 23.1. The van der Waals surface area contributed by atoms with E-state index in [1.165, 1.54) is 43.1 Å². The molecule has 9 aromatic rings. The summed E-state index contributed by atoms with van der Waals surface area (Å²) in [5, 5.41) is 10.0. The summed E-state index contributed by atoms with van der Waals surface area (Å²) in [6, 6.07) is 48.7. The van der Waals surface area contributed by atoms with Crippen LogP contribution in [0.4, 0.5) is 0 Å². The van der Waals surface area contributed by atoms with Gasteiger partial charge in [-0.05, 0) is 50.5 Å². The average molecular weight is 549 g/mol. The second kappa shape index (κ2) is 9.33. The second-order valence-corrected chi connectivity index (χ2v) is 11.0. The van der Waals surface area contributed by atoms with Crippen LogP contribution in [0, 0.1) is 0 Å². The molecule has 2 aromatic heterocycles. The number of rotatable bonds is 3. The lowest BCUT2D eigenvalue weighted by Gasteiger charge is -2.10. The van der Waals surface area contributed by atoms with Gasteiger partial charge >= 0.3 is 0 Å². The van der Waals surface area contributed by atoms with Crippen LogP contribution < -0.4 is 0 Å². The van der Waals surface area contributed by atoms with Crippen molar-refractivity contribution in [2.24, 2.45) is 0 Å². The van der Waals surface area contributed by atoms with Gasteiger partial charge in [-0.25, -0.2) is 15.0 Å². The Morgan fingerprint density at radius 2 is 0.744 bits per heavy atom. The molecule has 43 heavy (non-hydrogen) atoms. The maximum absolute atomic E-state index is 4.94. The highest BCUT2D eigenvalue weighted by Gasteiger charge is 2.15. The Morgan fingerprint density at radius 1 is 0.302 bits per heavy atom. The van der Waals surface area contributed by atoms with Crippen molar-refractivity contribution in [3.8, 4) is 34.2 Å². The predicted octanol–water partition coefficient (Wildman–Crippen LogP) is 9.97. The third-order valence-corrected chi connectivity index (χ3v) is 8.42. The van der Waals surface area contributed by atoms with Crippen molar-refractivity contribution < 1.29 is 0 Å². The fraction of sp³-hybridized carbons (Fsp3) is 0. The smallest absolute Gasteiger partial charge is 0.164 e. The zero-order valence-corrected chi connectivity index (χ0v) is 23.1. The number of hydrogen-bond acceptors (Lipinski definition) is 3. The number of H-pyrrole nitrogens is 1. The fourth-order valence-electron chi connectivity index (χ4n) is 6.38. The molecular weight excluding hydrogens is 524 g/mol. The number of benzene rings is 7. The first-order valence-electron chi connectivity index (χ1n) is 14.5. The minimum absolute atomic E-state index is 0.649. The molecule has 200 valence electrons. The summed E-state index contributed by atoms with van der Waals surface area (Å²) in [4.78, 5) is 18.4. The van der Waals surface area contributed by atoms with Crippen LogP contribution in [0.3, 0.4) is 0 Å². The Hall–Kier alpha value is -5.87. The Morgan fingerprint density at radius 3 is 1.30 bits per heavy atom. The van der Waals surface area contributed by atoms with Crippen molar-refractivity contribution in [1.29, 1.82) is 0 Å². The third kappa shape index (κ3) is 3.81. The Kier molecular flexibility index (Phi) is 5.16. The molecule has 0 fully saturated rings. The van der Waals surface area contributed by atoms with Crippen LogP contribution in [0.2, 0.25) is 0 Å². The van der Waals surface area contributed by atoms with Crippen LogP contribution in [-0.2, 0) is 0 Å². The molecule has 0 spiro atoms. The van der Waals surface area contributed by atoms with Gasteiger partial charge in [0, 0.05) is 38.5 Å². The van der Waals surface area contributed by atoms with Crippen molar-refractivity contribution in [1.82, 2.24) is 19.9 Å². The molecule has 0 amide bonds. The van der Waals surface area contributed by atoms with Gasteiger partial charge < -0.3 is 4.98 Å². The lowest BCUT2D eigenvalue weighted by atomic mass is 9.93. The molecule has 9 rings (SSSR count). The number of hydrogen-bond donors (Lipinski definition) is 1. The van der Waals surface area contributed by atoms with Gasteiger partial charge in [0.05, 0.1) is 0 Å². The SMILES string of the molecule is c1ccc(-c2nc(-c3ccccc3)nc(-c3ccc4c(c3)[nH]c3cc5c6ccccc6c6ccccc6c5cc34)n2)cc1. The number of aromatic amines is 1. The topological polar surface area (TPSA) is 54.5 Å². The van der Waals surface area contributed by atoms with Crippen molar-refractivity contribution in [2.45, 2.75) is 0 Å². The minimum atomic E-state index is 0.649. The molecule has 7 aromatic carbocycles. The first kappa shape index (κ1) is 23.8. The Labute approximate surface area is 247 Å². The molecular formula is C39H24N4. The minimum Gasteiger partial charge on any atom is -0.354 e. The third-order valence-electron chi connectivity index (χ3n) is 8.42. The summed E-state index contributed by atoms with van der Waals surface area (Å²) in [5.74, 6) is 1.97. The van der Waals surface area contributed by atoms with Gasteiger partial charge in [-0.15, -0.1) is 0 Å². The molecule has 0 unspecified atom stereocenters. The van der Waals surface area contributed by atoms with Crippen LogP contribution >= 0.6 is 0 Å². The molecule has 4 heteroatoms. The molecule has 0 saturated carbocycles. The molecule has 1 N–H and O–H groups in total. The lowest BCUT2D eigenvalue weighted by molar-refractivity contribution is 1.07. The summed E-state index contributed by atoms with van der Waals surface area (Å²) < 4.78 is 0. The monoisotopic (exact) mass is 548 g/mol. The van der Waals surface area contributed by atoms with Crippen molar-refractivity contribution >= 4 is 54.1 Å². The number of fused-ring (bicyclic) bond motifs is 9. The Bertz CT molecular complexity index is 2440. The molecule has 0 aliphatic rings. The van der Waals surface area contributed by atoms with Crippen molar-refractivity contribution in [3.63, 3.8) is 0 Å². The normalized spacial score (nSPS) is 11.7. The number of nitrogens with one attached hydrogen (secondary N) is 1.